The van der Waals surface area contributed by atoms with Gasteiger partial charge in [0.2, 0.25) is 0 Å². The molecule has 1 fully saturated rings. The van der Waals surface area contributed by atoms with Crippen molar-refractivity contribution in [2.75, 3.05) is 13.2 Å². The van der Waals surface area contributed by atoms with E-state index in [1.165, 1.54) is 5.01 Å². The number of hydrogen-bond donors (Lipinski definition) is 0. The summed E-state index contributed by atoms with van der Waals surface area (Å²) < 4.78 is 4.99. The van der Waals surface area contributed by atoms with Crippen molar-refractivity contribution >= 4 is 0 Å². The van der Waals surface area contributed by atoms with Crippen LogP contribution in [0.3, 0.4) is 0 Å². The van der Waals surface area contributed by atoms with Crippen LogP contribution in [0.5, 0.6) is 0 Å². The van der Waals surface area contributed by atoms with Crippen molar-refractivity contribution in [1.29, 1.82) is 0 Å². The Morgan fingerprint density at radius 3 is 2.88 bits per heavy atom. The molecule has 0 spiro atoms. The summed E-state index contributed by atoms with van der Waals surface area (Å²) >= 11 is 0. The minimum Gasteiger partial charge on any atom is -0.355 e. The van der Waals surface area contributed by atoms with E-state index in [-0.39, 0.29) is 6.23 Å². The maximum Gasteiger partial charge on any atom is 0.146 e. The van der Waals surface area contributed by atoms with Gasteiger partial charge < -0.3 is 4.74 Å². The van der Waals surface area contributed by atoms with Crippen LogP contribution >= 0.6 is 0 Å². The summed E-state index contributed by atoms with van der Waals surface area (Å²) in [5, 5.41) is 4.10. The molecule has 0 amide bonds. The summed E-state index contributed by atoms with van der Waals surface area (Å²) in [5.41, 5.74) is 0. The quantitative estimate of drug-likeness (QED) is 0.464. The molecule has 1 rings (SSSR count). The zero-order valence-electron chi connectivity index (χ0n) is 4.70. The molecular formula is C4H8N2O2. The molecule has 0 N–H and O–H groups in total. The second kappa shape index (κ2) is 2.09. The molecule has 0 radical (unpaired) electrons. The van der Waals surface area contributed by atoms with Crippen molar-refractivity contribution < 1.29 is 4.74 Å². The van der Waals surface area contributed by atoms with Crippen molar-refractivity contribution in [2.24, 2.45) is 5.29 Å². The van der Waals surface area contributed by atoms with E-state index in [2.05, 4.69) is 5.29 Å². The first kappa shape index (κ1) is 5.50. The first-order valence-electron chi connectivity index (χ1n) is 2.56. The van der Waals surface area contributed by atoms with Crippen molar-refractivity contribution in [3.05, 3.63) is 4.91 Å². The molecule has 46 valence electrons. The maximum absolute atomic E-state index is 9.81. The van der Waals surface area contributed by atoms with Gasteiger partial charge in [0.15, 0.2) is 0 Å². The van der Waals surface area contributed by atoms with Gasteiger partial charge in [-0.1, -0.05) is 0 Å². The minimum atomic E-state index is -0.118. The highest BCUT2D eigenvalue weighted by atomic mass is 16.5. The molecule has 0 aliphatic carbocycles. The van der Waals surface area contributed by atoms with Crippen LogP contribution in [0.4, 0.5) is 0 Å². The molecule has 1 aliphatic rings. The van der Waals surface area contributed by atoms with Crippen molar-refractivity contribution in [3.8, 4) is 0 Å². The Kier molecular flexibility index (Phi) is 1.43. The Balaban J connectivity index is 2.41. The summed E-state index contributed by atoms with van der Waals surface area (Å²) in [5.74, 6) is 0. The van der Waals surface area contributed by atoms with Gasteiger partial charge in [0, 0.05) is 0 Å². The highest BCUT2D eigenvalue weighted by Gasteiger charge is 2.19. The van der Waals surface area contributed by atoms with Gasteiger partial charge in [0.1, 0.15) is 6.23 Å². The van der Waals surface area contributed by atoms with Gasteiger partial charge in [-0.3, -0.25) is 0 Å². The van der Waals surface area contributed by atoms with Gasteiger partial charge in [-0.25, -0.2) is 5.01 Å². The highest BCUT2D eigenvalue weighted by Crippen LogP contribution is 2.07. The number of nitrogens with zero attached hydrogens (tertiary/aromatic N) is 2. The van der Waals surface area contributed by atoms with Gasteiger partial charge in [-0.05, 0) is 6.92 Å². The van der Waals surface area contributed by atoms with E-state index < -0.39 is 0 Å². The van der Waals surface area contributed by atoms with Crippen LogP contribution in [0, 0.1) is 4.91 Å². The summed E-state index contributed by atoms with van der Waals surface area (Å²) in [7, 11) is 0. The van der Waals surface area contributed by atoms with Crippen LogP contribution in [0.2, 0.25) is 0 Å². The second-order valence-corrected chi connectivity index (χ2v) is 1.71. The van der Waals surface area contributed by atoms with Crippen molar-refractivity contribution in [3.63, 3.8) is 0 Å². The van der Waals surface area contributed by atoms with Gasteiger partial charge in [0.25, 0.3) is 0 Å². The minimum absolute atomic E-state index is 0.118. The molecular weight excluding hydrogens is 108 g/mol. The number of hydrogen-bond acceptors (Lipinski definition) is 3. The molecule has 0 aromatic carbocycles. The predicted molar refractivity (Wildman–Crippen MR) is 27.9 cm³/mol. The van der Waals surface area contributed by atoms with Crippen molar-refractivity contribution in [2.45, 2.75) is 13.2 Å². The molecule has 4 heteroatoms. The lowest BCUT2D eigenvalue weighted by molar-refractivity contribution is 0.0503. The zero-order chi connectivity index (χ0) is 5.98. The number of ether oxygens (including phenoxy) is 1. The molecule has 1 saturated heterocycles. The fraction of sp³-hybridized carbons (Fsp3) is 1.00. The van der Waals surface area contributed by atoms with E-state index in [0.717, 1.165) is 0 Å². The lowest BCUT2D eigenvalue weighted by Crippen LogP contribution is -2.20. The number of rotatable bonds is 1. The fourth-order valence-electron chi connectivity index (χ4n) is 0.692. The molecule has 0 aromatic rings. The molecule has 0 aromatic heterocycles. The van der Waals surface area contributed by atoms with Crippen LogP contribution < -0.4 is 0 Å². The monoisotopic (exact) mass is 116 g/mol. The fourth-order valence-corrected chi connectivity index (χ4v) is 0.692. The number of nitroso groups, excluding NO2 is 1. The molecule has 8 heavy (non-hydrogen) atoms. The summed E-state index contributed by atoms with van der Waals surface area (Å²) in [6.07, 6.45) is -0.118. The standard InChI is InChI=1S/C4H8N2O2/c1-4-6(5-7)2-3-8-4/h4H,2-3H2,1H3. The maximum atomic E-state index is 9.81. The molecule has 1 unspecified atom stereocenters. The summed E-state index contributed by atoms with van der Waals surface area (Å²) in [4.78, 5) is 9.81. The van der Waals surface area contributed by atoms with Gasteiger partial charge >= 0.3 is 0 Å². The average molecular weight is 116 g/mol. The van der Waals surface area contributed by atoms with E-state index in [4.69, 9.17) is 4.74 Å². The Bertz CT molecular complexity index is 96.0. The van der Waals surface area contributed by atoms with E-state index in [9.17, 15) is 4.91 Å². The van der Waals surface area contributed by atoms with E-state index in [1.807, 2.05) is 0 Å². The zero-order valence-corrected chi connectivity index (χ0v) is 4.70. The first-order chi connectivity index (χ1) is 3.84. The Morgan fingerprint density at radius 2 is 2.62 bits per heavy atom. The van der Waals surface area contributed by atoms with Gasteiger partial charge in [-0.2, -0.15) is 0 Å². The highest BCUT2D eigenvalue weighted by molar-refractivity contribution is 4.59. The first-order valence-corrected chi connectivity index (χ1v) is 2.56. The third-order valence-corrected chi connectivity index (χ3v) is 1.20. The summed E-state index contributed by atoms with van der Waals surface area (Å²) in [6, 6.07) is 0. The van der Waals surface area contributed by atoms with E-state index in [0.29, 0.717) is 13.2 Å². The van der Waals surface area contributed by atoms with Crippen LogP contribution in [-0.2, 0) is 4.74 Å². The van der Waals surface area contributed by atoms with Crippen LogP contribution in [-0.4, -0.2) is 24.4 Å². The summed E-state index contributed by atoms with van der Waals surface area (Å²) in [6.45, 7) is 3.05. The topological polar surface area (TPSA) is 41.9 Å². The normalized spacial score (nSPS) is 28.6. The Hall–Kier alpha value is -0.640. The third kappa shape index (κ3) is 0.790. The lowest BCUT2D eigenvalue weighted by Gasteiger charge is -2.08. The molecule has 1 aliphatic heterocycles. The largest absolute Gasteiger partial charge is 0.355 e. The molecule has 4 nitrogen and oxygen atoms in total. The van der Waals surface area contributed by atoms with Crippen molar-refractivity contribution in [1.82, 2.24) is 5.01 Å². The predicted octanol–water partition coefficient (Wildman–Crippen LogP) is 0.346. The lowest BCUT2D eigenvalue weighted by atomic mass is 10.6. The molecule has 1 heterocycles. The molecule has 0 bridgehead atoms. The van der Waals surface area contributed by atoms with Crippen LogP contribution in [0.15, 0.2) is 5.29 Å². The van der Waals surface area contributed by atoms with Gasteiger partial charge in [0.05, 0.1) is 18.4 Å². The Labute approximate surface area is 47.4 Å². The van der Waals surface area contributed by atoms with Crippen LogP contribution in [0.1, 0.15) is 6.92 Å². The van der Waals surface area contributed by atoms with E-state index in [1.54, 1.807) is 6.92 Å². The molecule has 1 atom stereocenters. The SMILES string of the molecule is CC1OCCN1N=O. The Morgan fingerprint density at radius 1 is 1.88 bits per heavy atom. The van der Waals surface area contributed by atoms with E-state index >= 15 is 0 Å². The second-order valence-electron chi connectivity index (χ2n) is 1.71. The third-order valence-electron chi connectivity index (χ3n) is 1.20. The molecule has 0 saturated carbocycles. The van der Waals surface area contributed by atoms with Crippen LogP contribution in [0.25, 0.3) is 0 Å². The van der Waals surface area contributed by atoms with Gasteiger partial charge in [-0.15, -0.1) is 4.91 Å². The average Bonchev–Trinajstić information content (AvgIpc) is 2.14. The smallest absolute Gasteiger partial charge is 0.146 e.